The van der Waals surface area contributed by atoms with E-state index in [1.807, 2.05) is 75.4 Å². The van der Waals surface area contributed by atoms with Gasteiger partial charge < -0.3 is 14.8 Å². The molecule has 0 saturated carbocycles. The molecule has 0 bridgehead atoms. The first-order chi connectivity index (χ1) is 17.0. The van der Waals surface area contributed by atoms with Gasteiger partial charge in [0.25, 0.3) is 5.91 Å². The molecule has 0 spiro atoms. The van der Waals surface area contributed by atoms with Crippen molar-refractivity contribution >= 4 is 28.8 Å². The molecule has 1 N–H and O–H groups in total. The van der Waals surface area contributed by atoms with Gasteiger partial charge in [0.2, 0.25) is 5.91 Å². The summed E-state index contributed by atoms with van der Waals surface area (Å²) in [5.41, 5.74) is 1.88. The van der Waals surface area contributed by atoms with Gasteiger partial charge >= 0.3 is 0 Å². The average molecular weight is 494 g/mol. The van der Waals surface area contributed by atoms with E-state index >= 15 is 0 Å². The van der Waals surface area contributed by atoms with Crippen LogP contribution in [0.1, 0.15) is 51.7 Å². The Labute approximate surface area is 210 Å². The van der Waals surface area contributed by atoms with Gasteiger partial charge in [-0.15, -0.1) is 11.3 Å². The molecule has 184 valence electrons. The largest absolute Gasteiger partial charge is 0.492 e. The summed E-state index contributed by atoms with van der Waals surface area (Å²) in [5.74, 6) is -0.0262. The van der Waals surface area contributed by atoms with E-state index in [9.17, 15) is 9.59 Å². The molecule has 1 saturated heterocycles. The number of ether oxygens (including phenoxy) is 2. The number of carbonyl (C=O) groups excluding carboxylic acids is 2. The zero-order valence-corrected chi connectivity index (χ0v) is 21.1. The van der Waals surface area contributed by atoms with E-state index in [4.69, 9.17) is 9.47 Å². The molecule has 7 nitrogen and oxygen atoms in total. The lowest BCUT2D eigenvalue weighted by Gasteiger charge is -2.32. The second-order valence-electron chi connectivity index (χ2n) is 8.42. The number of nitrogens with one attached hydrogen (secondary N) is 1. The van der Waals surface area contributed by atoms with Crippen molar-refractivity contribution < 1.29 is 19.1 Å². The summed E-state index contributed by atoms with van der Waals surface area (Å²) in [6, 6.07) is 15.8. The first kappa shape index (κ1) is 24.9. The van der Waals surface area contributed by atoms with Crippen LogP contribution in [0.3, 0.4) is 0 Å². The van der Waals surface area contributed by atoms with Gasteiger partial charge in [-0.1, -0.05) is 42.5 Å². The van der Waals surface area contributed by atoms with Crippen LogP contribution in [0.5, 0.6) is 5.75 Å². The number of hydrogen-bond donors (Lipinski definition) is 1. The van der Waals surface area contributed by atoms with Gasteiger partial charge in [0, 0.05) is 13.2 Å². The monoisotopic (exact) mass is 493 g/mol. The zero-order valence-electron chi connectivity index (χ0n) is 20.3. The summed E-state index contributed by atoms with van der Waals surface area (Å²) in [4.78, 5) is 34.5. The maximum Gasteiger partial charge on any atom is 0.271 e. The lowest BCUT2D eigenvalue weighted by molar-refractivity contribution is -0.123. The number of nitrogens with zero attached hydrogens (tertiary/aromatic N) is 2. The van der Waals surface area contributed by atoms with E-state index in [-0.39, 0.29) is 17.9 Å². The predicted molar refractivity (Wildman–Crippen MR) is 137 cm³/mol. The van der Waals surface area contributed by atoms with Crippen molar-refractivity contribution in [2.45, 2.75) is 45.8 Å². The standard InChI is InChI=1S/C27H31N3O4S/c1-4-33-23-15-9-8-14-22(23)30(27(32)25-18(2)29-19(3)35-25)24(20-11-6-5-7-12-20)26(31)28-17-21-13-10-16-34-21/h5-9,11-12,14-15,21,24H,4,10,13,16-17H2,1-3H3,(H,28,31). The topological polar surface area (TPSA) is 80.8 Å². The molecule has 35 heavy (non-hydrogen) atoms. The van der Waals surface area contributed by atoms with E-state index in [1.54, 1.807) is 4.90 Å². The molecule has 8 heteroatoms. The first-order valence-electron chi connectivity index (χ1n) is 11.9. The fraction of sp³-hybridized carbons (Fsp3) is 0.370. The molecule has 2 aromatic carbocycles. The molecular formula is C27H31N3O4S. The normalized spacial score (nSPS) is 16.0. The van der Waals surface area contributed by atoms with Crippen molar-refractivity contribution in [3.8, 4) is 5.75 Å². The molecule has 2 atom stereocenters. The number of carbonyl (C=O) groups is 2. The Morgan fingerprint density at radius 1 is 1.17 bits per heavy atom. The first-order valence-corrected chi connectivity index (χ1v) is 12.7. The van der Waals surface area contributed by atoms with E-state index in [0.29, 0.717) is 47.3 Å². The summed E-state index contributed by atoms with van der Waals surface area (Å²) >= 11 is 1.33. The predicted octanol–water partition coefficient (Wildman–Crippen LogP) is 4.84. The van der Waals surface area contributed by atoms with Crippen molar-refractivity contribution in [2.24, 2.45) is 0 Å². The number of rotatable bonds is 9. The third kappa shape index (κ3) is 5.71. The Morgan fingerprint density at radius 2 is 1.91 bits per heavy atom. The molecule has 2 unspecified atom stereocenters. The molecule has 1 aliphatic heterocycles. The van der Waals surface area contributed by atoms with Crippen LogP contribution < -0.4 is 15.0 Å². The minimum atomic E-state index is -0.909. The molecular weight excluding hydrogens is 462 g/mol. The highest BCUT2D eigenvalue weighted by atomic mass is 32.1. The summed E-state index contributed by atoms with van der Waals surface area (Å²) in [6.45, 7) is 7.12. The Balaban J connectivity index is 1.81. The number of amides is 2. The van der Waals surface area contributed by atoms with Crippen LogP contribution in [0.4, 0.5) is 5.69 Å². The molecule has 3 aromatic rings. The molecule has 4 rings (SSSR count). The van der Waals surface area contributed by atoms with Crippen LogP contribution in [-0.2, 0) is 9.53 Å². The number of para-hydroxylation sites is 2. The highest BCUT2D eigenvalue weighted by molar-refractivity contribution is 7.13. The van der Waals surface area contributed by atoms with Crippen LogP contribution >= 0.6 is 11.3 Å². The number of aryl methyl sites for hydroxylation is 2. The van der Waals surface area contributed by atoms with Crippen LogP contribution in [-0.4, -0.2) is 42.7 Å². The summed E-state index contributed by atoms with van der Waals surface area (Å²) in [7, 11) is 0. The molecule has 1 aromatic heterocycles. The Hall–Kier alpha value is -3.23. The average Bonchev–Trinajstić information content (AvgIpc) is 3.51. The second-order valence-corrected chi connectivity index (χ2v) is 9.62. The second kappa shape index (κ2) is 11.5. The Morgan fingerprint density at radius 3 is 2.57 bits per heavy atom. The molecule has 2 heterocycles. The Kier molecular flexibility index (Phi) is 8.15. The van der Waals surface area contributed by atoms with E-state index < -0.39 is 6.04 Å². The van der Waals surface area contributed by atoms with Crippen molar-refractivity contribution in [2.75, 3.05) is 24.7 Å². The van der Waals surface area contributed by atoms with Crippen LogP contribution in [0.2, 0.25) is 0 Å². The van der Waals surface area contributed by atoms with Crippen molar-refractivity contribution in [3.05, 3.63) is 75.7 Å². The zero-order chi connectivity index (χ0) is 24.8. The van der Waals surface area contributed by atoms with E-state index in [1.165, 1.54) is 11.3 Å². The summed E-state index contributed by atoms with van der Waals surface area (Å²) < 4.78 is 11.6. The summed E-state index contributed by atoms with van der Waals surface area (Å²) in [6.07, 6.45) is 1.88. The van der Waals surface area contributed by atoms with E-state index in [0.717, 1.165) is 17.8 Å². The minimum Gasteiger partial charge on any atom is -0.492 e. The number of aromatic nitrogens is 1. The number of anilines is 1. The Bertz CT molecular complexity index is 1160. The molecule has 0 radical (unpaired) electrons. The quantitative estimate of drug-likeness (QED) is 0.461. The lowest BCUT2D eigenvalue weighted by Crippen LogP contribution is -2.45. The van der Waals surface area contributed by atoms with Crippen LogP contribution in [0.15, 0.2) is 54.6 Å². The van der Waals surface area contributed by atoms with Gasteiger partial charge in [0.1, 0.15) is 16.7 Å². The SMILES string of the molecule is CCOc1ccccc1N(C(=O)c1sc(C)nc1C)C(C(=O)NCC1CCCO1)c1ccccc1. The van der Waals surface area contributed by atoms with Gasteiger partial charge in [-0.2, -0.15) is 0 Å². The van der Waals surface area contributed by atoms with Crippen molar-refractivity contribution in [1.82, 2.24) is 10.3 Å². The van der Waals surface area contributed by atoms with Gasteiger partial charge in [0.15, 0.2) is 0 Å². The molecule has 0 aliphatic carbocycles. The molecule has 1 aliphatic rings. The molecule has 1 fully saturated rings. The van der Waals surface area contributed by atoms with Crippen LogP contribution in [0, 0.1) is 13.8 Å². The maximum absolute atomic E-state index is 14.2. The minimum absolute atomic E-state index is 0.0124. The smallest absolute Gasteiger partial charge is 0.271 e. The van der Waals surface area contributed by atoms with E-state index in [2.05, 4.69) is 10.3 Å². The number of benzene rings is 2. The fourth-order valence-electron chi connectivity index (χ4n) is 4.31. The number of hydrogen-bond acceptors (Lipinski definition) is 6. The molecule has 2 amide bonds. The third-order valence-corrected chi connectivity index (χ3v) is 6.95. The summed E-state index contributed by atoms with van der Waals surface area (Å²) in [5, 5.41) is 3.83. The van der Waals surface area contributed by atoms with Gasteiger partial charge in [-0.25, -0.2) is 4.98 Å². The highest BCUT2D eigenvalue weighted by Gasteiger charge is 2.36. The highest BCUT2D eigenvalue weighted by Crippen LogP contribution is 2.37. The van der Waals surface area contributed by atoms with Crippen molar-refractivity contribution in [3.63, 3.8) is 0 Å². The third-order valence-electron chi connectivity index (χ3n) is 5.89. The maximum atomic E-state index is 14.2. The van der Waals surface area contributed by atoms with Gasteiger partial charge in [-0.3, -0.25) is 14.5 Å². The number of thiazole rings is 1. The van der Waals surface area contributed by atoms with Crippen LogP contribution in [0.25, 0.3) is 0 Å². The van der Waals surface area contributed by atoms with Gasteiger partial charge in [0.05, 0.1) is 29.1 Å². The van der Waals surface area contributed by atoms with Gasteiger partial charge in [-0.05, 0) is 51.3 Å². The van der Waals surface area contributed by atoms with Crippen molar-refractivity contribution in [1.29, 1.82) is 0 Å². The lowest BCUT2D eigenvalue weighted by atomic mass is 10.0. The fourth-order valence-corrected chi connectivity index (χ4v) is 5.17.